The quantitative estimate of drug-likeness (QED) is 0.724. The Bertz CT molecular complexity index is 147. The first-order valence-corrected chi connectivity index (χ1v) is 5.59. The summed E-state index contributed by atoms with van der Waals surface area (Å²) in [5.41, 5.74) is 0. The number of rotatable bonds is 4. The van der Waals surface area contributed by atoms with E-state index in [1.165, 1.54) is 19.3 Å². The first-order valence-electron chi connectivity index (χ1n) is 5.59. The molecule has 0 saturated carbocycles. The van der Waals surface area contributed by atoms with Crippen molar-refractivity contribution in [3.05, 3.63) is 0 Å². The van der Waals surface area contributed by atoms with Crippen LogP contribution in [0.1, 0.15) is 46.5 Å². The largest absolute Gasteiger partial charge is 0.393 e. The Morgan fingerprint density at radius 2 is 2.15 bits per heavy atom. The highest BCUT2D eigenvalue weighted by atomic mass is 16.3. The molecule has 0 aromatic carbocycles. The van der Waals surface area contributed by atoms with Gasteiger partial charge in [-0.05, 0) is 39.5 Å². The highest BCUT2D eigenvalue weighted by Gasteiger charge is 2.28. The summed E-state index contributed by atoms with van der Waals surface area (Å²) < 4.78 is 0. The third-order valence-electron chi connectivity index (χ3n) is 3.23. The number of aliphatic hydroxyl groups excluding tert-OH is 1. The van der Waals surface area contributed by atoms with Gasteiger partial charge < -0.3 is 5.11 Å². The fourth-order valence-corrected chi connectivity index (χ4v) is 2.30. The fraction of sp³-hybridized carbons (Fsp3) is 1.00. The average molecular weight is 185 g/mol. The summed E-state index contributed by atoms with van der Waals surface area (Å²) in [7, 11) is 0. The van der Waals surface area contributed by atoms with Gasteiger partial charge >= 0.3 is 0 Å². The van der Waals surface area contributed by atoms with Crippen LogP contribution in [-0.2, 0) is 0 Å². The lowest BCUT2D eigenvalue weighted by Crippen LogP contribution is -2.36. The minimum absolute atomic E-state index is 0.148. The molecule has 1 fully saturated rings. The van der Waals surface area contributed by atoms with E-state index < -0.39 is 0 Å². The number of aliphatic hydroxyl groups is 1. The van der Waals surface area contributed by atoms with Gasteiger partial charge in [0.2, 0.25) is 0 Å². The summed E-state index contributed by atoms with van der Waals surface area (Å²) in [6.45, 7) is 7.51. The molecule has 3 atom stereocenters. The Kier molecular flexibility index (Phi) is 4.20. The van der Waals surface area contributed by atoms with Crippen LogP contribution < -0.4 is 0 Å². The fourth-order valence-electron chi connectivity index (χ4n) is 2.30. The first kappa shape index (κ1) is 11.0. The smallest absolute Gasteiger partial charge is 0.0524 e. The van der Waals surface area contributed by atoms with Crippen LogP contribution in [0.15, 0.2) is 0 Å². The molecule has 0 amide bonds. The van der Waals surface area contributed by atoms with E-state index in [1.54, 1.807) is 0 Å². The minimum Gasteiger partial charge on any atom is -0.393 e. The number of hydrogen-bond acceptors (Lipinski definition) is 2. The van der Waals surface area contributed by atoms with Crippen LogP contribution in [0.25, 0.3) is 0 Å². The van der Waals surface area contributed by atoms with Crippen LogP contribution in [0.3, 0.4) is 0 Å². The van der Waals surface area contributed by atoms with Gasteiger partial charge in [-0.15, -0.1) is 0 Å². The summed E-state index contributed by atoms with van der Waals surface area (Å²) >= 11 is 0. The maximum Gasteiger partial charge on any atom is 0.0524 e. The Labute approximate surface area is 81.9 Å². The van der Waals surface area contributed by atoms with Crippen molar-refractivity contribution in [2.45, 2.75) is 64.6 Å². The van der Waals surface area contributed by atoms with Crippen molar-refractivity contribution >= 4 is 0 Å². The van der Waals surface area contributed by atoms with Crippen LogP contribution in [-0.4, -0.2) is 34.7 Å². The Hall–Kier alpha value is -0.0800. The molecule has 0 aliphatic carbocycles. The predicted molar refractivity (Wildman–Crippen MR) is 55.8 cm³/mol. The van der Waals surface area contributed by atoms with Gasteiger partial charge in [0.25, 0.3) is 0 Å². The van der Waals surface area contributed by atoms with Crippen molar-refractivity contribution in [2.75, 3.05) is 6.54 Å². The van der Waals surface area contributed by atoms with Crippen LogP contribution >= 0.6 is 0 Å². The molecule has 2 heteroatoms. The zero-order valence-corrected chi connectivity index (χ0v) is 9.16. The summed E-state index contributed by atoms with van der Waals surface area (Å²) in [6, 6.07) is 1.50. The first-order chi connectivity index (χ1) is 6.15. The number of nitrogens with zero attached hydrogens (tertiary/aromatic N) is 1. The summed E-state index contributed by atoms with van der Waals surface area (Å²) in [5, 5.41) is 9.23. The second kappa shape index (κ2) is 4.97. The molecule has 2 nitrogen and oxygen atoms in total. The summed E-state index contributed by atoms with van der Waals surface area (Å²) in [5.74, 6) is 0. The molecule has 78 valence electrons. The molecule has 13 heavy (non-hydrogen) atoms. The number of likely N-dealkylation sites (tertiary alicyclic amines) is 1. The van der Waals surface area contributed by atoms with Crippen molar-refractivity contribution in [1.82, 2.24) is 4.90 Å². The second-order valence-electron chi connectivity index (χ2n) is 4.36. The maximum absolute atomic E-state index is 9.23. The van der Waals surface area contributed by atoms with Crippen molar-refractivity contribution in [3.8, 4) is 0 Å². The molecular weight excluding hydrogens is 162 g/mol. The molecule has 0 spiro atoms. The zero-order valence-electron chi connectivity index (χ0n) is 9.16. The van der Waals surface area contributed by atoms with Gasteiger partial charge in [-0.3, -0.25) is 4.90 Å². The van der Waals surface area contributed by atoms with E-state index in [9.17, 15) is 5.11 Å². The third kappa shape index (κ3) is 2.96. The molecule has 3 unspecified atom stereocenters. The van der Waals surface area contributed by atoms with Crippen molar-refractivity contribution < 1.29 is 5.11 Å². The van der Waals surface area contributed by atoms with E-state index in [4.69, 9.17) is 0 Å². The van der Waals surface area contributed by atoms with Crippen LogP contribution in [0, 0.1) is 0 Å². The van der Waals surface area contributed by atoms with Gasteiger partial charge in [0.15, 0.2) is 0 Å². The molecule has 0 bridgehead atoms. The Balaban J connectivity index is 2.35. The standard InChI is InChI=1S/C11H23NO/c1-4-11-6-5-9(2)12(11)8-7-10(3)13/h9-11,13H,4-8H2,1-3H3. The van der Waals surface area contributed by atoms with Gasteiger partial charge in [-0.2, -0.15) is 0 Å². The van der Waals surface area contributed by atoms with Gasteiger partial charge in [0.1, 0.15) is 0 Å². The zero-order chi connectivity index (χ0) is 9.84. The molecule has 0 aromatic rings. The molecule has 0 radical (unpaired) electrons. The lowest BCUT2D eigenvalue weighted by Gasteiger charge is -2.28. The molecule has 1 aliphatic rings. The lowest BCUT2D eigenvalue weighted by molar-refractivity contribution is 0.133. The van der Waals surface area contributed by atoms with E-state index >= 15 is 0 Å². The highest BCUT2D eigenvalue weighted by molar-refractivity contribution is 4.84. The number of hydrogen-bond donors (Lipinski definition) is 1. The normalized spacial score (nSPS) is 32.3. The molecule has 0 aromatic heterocycles. The van der Waals surface area contributed by atoms with E-state index in [-0.39, 0.29) is 6.10 Å². The summed E-state index contributed by atoms with van der Waals surface area (Å²) in [6.07, 6.45) is 4.70. The lowest BCUT2D eigenvalue weighted by atomic mass is 10.1. The van der Waals surface area contributed by atoms with Gasteiger partial charge in [0.05, 0.1) is 6.10 Å². The van der Waals surface area contributed by atoms with E-state index in [2.05, 4.69) is 18.7 Å². The molecule has 1 N–H and O–H groups in total. The van der Waals surface area contributed by atoms with Gasteiger partial charge in [-0.25, -0.2) is 0 Å². The molecular formula is C11H23NO. The summed E-state index contributed by atoms with van der Waals surface area (Å²) in [4.78, 5) is 2.56. The SMILES string of the molecule is CCC1CCC(C)N1CCC(C)O. The highest BCUT2D eigenvalue weighted by Crippen LogP contribution is 2.25. The van der Waals surface area contributed by atoms with Crippen LogP contribution in [0.4, 0.5) is 0 Å². The Morgan fingerprint density at radius 1 is 1.46 bits per heavy atom. The van der Waals surface area contributed by atoms with E-state index in [0.717, 1.165) is 25.0 Å². The molecule has 1 heterocycles. The molecule has 1 aliphatic heterocycles. The predicted octanol–water partition coefficient (Wildman–Crippen LogP) is 2.02. The topological polar surface area (TPSA) is 23.5 Å². The van der Waals surface area contributed by atoms with Crippen molar-refractivity contribution in [2.24, 2.45) is 0 Å². The molecule has 1 saturated heterocycles. The second-order valence-corrected chi connectivity index (χ2v) is 4.36. The molecule has 1 rings (SSSR count). The monoisotopic (exact) mass is 185 g/mol. The van der Waals surface area contributed by atoms with Crippen molar-refractivity contribution in [3.63, 3.8) is 0 Å². The van der Waals surface area contributed by atoms with Crippen LogP contribution in [0.2, 0.25) is 0 Å². The van der Waals surface area contributed by atoms with E-state index in [1.807, 2.05) is 6.92 Å². The van der Waals surface area contributed by atoms with Gasteiger partial charge in [0, 0.05) is 18.6 Å². The van der Waals surface area contributed by atoms with Gasteiger partial charge in [-0.1, -0.05) is 6.92 Å². The third-order valence-corrected chi connectivity index (χ3v) is 3.23. The minimum atomic E-state index is -0.148. The van der Waals surface area contributed by atoms with Crippen LogP contribution in [0.5, 0.6) is 0 Å². The van der Waals surface area contributed by atoms with E-state index in [0.29, 0.717) is 0 Å². The Morgan fingerprint density at radius 3 is 2.69 bits per heavy atom. The average Bonchev–Trinajstić information content (AvgIpc) is 2.43. The maximum atomic E-state index is 9.23. The van der Waals surface area contributed by atoms with Crippen molar-refractivity contribution in [1.29, 1.82) is 0 Å².